The molecule has 5 aromatic rings. The summed E-state index contributed by atoms with van der Waals surface area (Å²) in [4.78, 5) is 72.6. The first-order valence-electron chi connectivity index (χ1n) is 21.8. The van der Waals surface area contributed by atoms with Gasteiger partial charge >= 0.3 is 12.1 Å². The van der Waals surface area contributed by atoms with Gasteiger partial charge in [0.15, 0.2) is 11.6 Å². The predicted molar refractivity (Wildman–Crippen MR) is 272 cm³/mol. The van der Waals surface area contributed by atoms with Gasteiger partial charge in [0.25, 0.3) is 21.2 Å². The van der Waals surface area contributed by atoms with Crippen molar-refractivity contribution in [2.45, 2.75) is 122 Å². The maximum absolute atomic E-state index is 13.2. The molecular formula is C47H61N11O10S2. The Bertz CT molecular complexity index is 2980. The van der Waals surface area contributed by atoms with E-state index in [1.165, 1.54) is 23.0 Å². The molecule has 21 nitrogen and oxygen atoms in total. The molecule has 3 aromatic carbocycles. The molecule has 5 rings (SSSR count). The number of amidine groups is 1. The molecule has 0 fully saturated rings. The number of nitrogens with two attached hydrogens (primary N) is 2. The van der Waals surface area contributed by atoms with E-state index in [0.717, 1.165) is 22.3 Å². The fourth-order valence-corrected chi connectivity index (χ4v) is 7.21. The topological polar surface area (TPSA) is 318 Å². The van der Waals surface area contributed by atoms with Gasteiger partial charge in [-0.3, -0.25) is 43.6 Å². The number of nitrogens with one attached hydrogen (secondary N) is 5. The quantitative estimate of drug-likeness (QED) is 0.0148. The number of amides is 2. The van der Waals surface area contributed by atoms with E-state index in [1.807, 2.05) is 27.7 Å². The fourth-order valence-electron chi connectivity index (χ4n) is 6.37. The molecule has 2 amide bonds. The van der Waals surface area contributed by atoms with Crippen LogP contribution in [0.1, 0.15) is 80.4 Å². The van der Waals surface area contributed by atoms with Gasteiger partial charge in [0, 0.05) is 51.6 Å². The minimum atomic E-state index is -4.57. The number of carbonyl (C=O) groups is 3. The summed E-state index contributed by atoms with van der Waals surface area (Å²) >= 11 is 4.43. The van der Waals surface area contributed by atoms with Gasteiger partial charge in [0.1, 0.15) is 30.1 Å². The summed E-state index contributed by atoms with van der Waals surface area (Å²) in [5.41, 5.74) is 11.8. The minimum Gasteiger partial charge on any atom is -0.459 e. The average molecular weight is 1000 g/mol. The Balaban J connectivity index is 0.000000305. The first-order valence-corrected chi connectivity index (χ1v) is 23.6. The molecule has 0 aliphatic heterocycles. The molecule has 0 saturated heterocycles. The van der Waals surface area contributed by atoms with Gasteiger partial charge in [0.05, 0.1) is 28.7 Å². The number of thiol groups is 1. The van der Waals surface area contributed by atoms with Crippen LogP contribution in [0.2, 0.25) is 0 Å². The predicted octanol–water partition coefficient (Wildman–Crippen LogP) is 5.87. The number of hydrogen-bond acceptors (Lipinski definition) is 16. The van der Waals surface area contributed by atoms with Crippen molar-refractivity contribution in [3.8, 4) is 22.5 Å². The molecule has 10 N–H and O–H groups in total. The molecule has 2 aromatic heterocycles. The highest BCUT2D eigenvalue weighted by molar-refractivity contribution is 7.85. The van der Waals surface area contributed by atoms with Crippen LogP contribution in [0, 0.1) is 5.41 Å². The Morgan fingerprint density at radius 2 is 1.30 bits per heavy atom. The van der Waals surface area contributed by atoms with E-state index in [0.29, 0.717) is 27.4 Å². The lowest BCUT2D eigenvalue weighted by atomic mass is 10.1. The number of hydrogen-bond donors (Lipinski definition) is 9. The second kappa shape index (κ2) is 22.9. The zero-order valence-corrected chi connectivity index (χ0v) is 42.3. The SMILES string of the molecule is CC(C)Nc1ncc(-c2cc(N)cc(S(=O)(=O)O)c2)n(CC(=O)NCc2ccc(C(=N)N)cc2)c1=O.CC(C)Nc1ncc(-c2cc(S)cc(NC(=O)OC(C)(C)C)c2)n(CC(=O)OC(C)(C)C)c1=O. The summed E-state index contributed by atoms with van der Waals surface area (Å²) in [5.74, 6) is -0.988. The number of anilines is 4. The largest absolute Gasteiger partial charge is 0.459 e. The van der Waals surface area contributed by atoms with Crippen LogP contribution >= 0.6 is 12.6 Å². The number of rotatable bonds is 15. The molecule has 70 heavy (non-hydrogen) atoms. The maximum atomic E-state index is 13.2. The van der Waals surface area contributed by atoms with Crippen molar-refractivity contribution in [1.29, 1.82) is 5.41 Å². The van der Waals surface area contributed by atoms with E-state index >= 15 is 0 Å². The van der Waals surface area contributed by atoms with Gasteiger partial charge in [-0.15, -0.1) is 12.6 Å². The molecule has 376 valence electrons. The molecule has 0 bridgehead atoms. The highest BCUT2D eigenvalue weighted by Gasteiger charge is 2.23. The molecule has 0 radical (unpaired) electrons. The Labute approximate surface area is 411 Å². The van der Waals surface area contributed by atoms with E-state index in [-0.39, 0.29) is 59.6 Å². The molecule has 0 atom stereocenters. The van der Waals surface area contributed by atoms with E-state index < -0.39 is 61.8 Å². The van der Waals surface area contributed by atoms with Gasteiger partial charge < -0.3 is 36.9 Å². The van der Waals surface area contributed by atoms with Crippen molar-refractivity contribution in [1.82, 2.24) is 24.4 Å². The summed E-state index contributed by atoms with van der Waals surface area (Å²) in [5, 5.41) is 18.8. The highest BCUT2D eigenvalue weighted by atomic mass is 32.2. The average Bonchev–Trinajstić information content (AvgIpc) is 3.21. The van der Waals surface area contributed by atoms with Gasteiger partial charge in [-0.2, -0.15) is 8.42 Å². The Morgan fingerprint density at radius 1 is 0.786 bits per heavy atom. The fraction of sp³-hybridized carbons (Fsp3) is 0.362. The van der Waals surface area contributed by atoms with Crippen molar-refractivity contribution in [3.63, 3.8) is 0 Å². The zero-order chi connectivity index (χ0) is 52.5. The second-order valence-electron chi connectivity index (χ2n) is 18.5. The normalized spacial score (nSPS) is 11.6. The summed E-state index contributed by atoms with van der Waals surface area (Å²) in [6.45, 7) is 17.4. The second-order valence-corrected chi connectivity index (χ2v) is 20.4. The molecule has 0 aliphatic carbocycles. The first-order chi connectivity index (χ1) is 32.4. The third kappa shape index (κ3) is 16.8. The summed E-state index contributed by atoms with van der Waals surface area (Å²) < 4.78 is 46.0. The van der Waals surface area contributed by atoms with Crippen LogP contribution in [-0.2, 0) is 48.8 Å². The van der Waals surface area contributed by atoms with Crippen molar-refractivity contribution in [3.05, 3.63) is 105 Å². The van der Waals surface area contributed by atoms with Gasteiger partial charge in [-0.05, 0) is 111 Å². The number of aromatic nitrogens is 4. The number of esters is 1. The van der Waals surface area contributed by atoms with Crippen molar-refractivity contribution < 1.29 is 36.8 Å². The van der Waals surface area contributed by atoms with Crippen LogP contribution in [0.4, 0.5) is 27.8 Å². The molecular weight excluding hydrogens is 943 g/mol. The molecule has 2 heterocycles. The Morgan fingerprint density at radius 3 is 1.79 bits per heavy atom. The molecule has 0 saturated carbocycles. The van der Waals surface area contributed by atoms with Gasteiger partial charge in [-0.25, -0.2) is 14.8 Å². The maximum Gasteiger partial charge on any atom is 0.412 e. The van der Waals surface area contributed by atoms with Crippen molar-refractivity contribution in [2.24, 2.45) is 5.73 Å². The molecule has 0 aliphatic rings. The van der Waals surface area contributed by atoms with E-state index in [4.69, 9.17) is 26.4 Å². The number of nitrogen functional groups attached to an aromatic ring is 2. The lowest BCUT2D eigenvalue weighted by Gasteiger charge is -2.21. The van der Waals surface area contributed by atoms with Crippen LogP contribution in [-0.4, -0.2) is 79.2 Å². The highest BCUT2D eigenvalue weighted by Crippen LogP contribution is 2.28. The van der Waals surface area contributed by atoms with Crippen molar-refractivity contribution in [2.75, 3.05) is 21.7 Å². The zero-order valence-electron chi connectivity index (χ0n) is 40.6. The van der Waals surface area contributed by atoms with E-state index in [1.54, 1.807) is 84.0 Å². The third-order valence-corrected chi connectivity index (χ3v) is 10.2. The summed E-state index contributed by atoms with van der Waals surface area (Å²) in [6.07, 6.45) is 2.19. The summed E-state index contributed by atoms with van der Waals surface area (Å²) in [6, 6.07) is 15.2. The standard InChI is InChI=1S/C24H34N4O5S.C23H27N7O5S/c1-14(2)26-20-21(30)28(13-19(29)32-23(3,4)5)18(12-25-20)15-9-16(11-17(34)10-15)27-22(31)33-24(6,7)8;1-13(2)29-22-23(32)30(12-20(31)27-10-14-3-5-15(6-4-14)21(25)26)19(11-28-22)16-7-17(24)9-18(8-16)36(33,34)35/h9-12,14,34H,13H2,1-8H3,(H,25,26)(H,27,31);3-9,11,13H,10,12,24H2,1-2H3,(H3,25,26)(H,27,31)(H,28,29)(H,33,34,35). The molecule has 0 unspecified atom stereocenters. The minimum absolute atomic E-state index is 0.0141. The third-order valence-electron chi connectivity index (χ3n) is 9.10. The first kappa shape index (κ1) is 55.4. The van der Waals surface area contributed by atoms with E-state index in [2.05, 4.69) is 43.9 Å². The van der Waals surface area contributed by atoms with Crippen LogP contribution < -0.4 is 43.9 Å². The van der Waals surface area contributed by atoms with Crippen LogP contribution in [0.5, 0.6) is 0 Å². The van der Waals surface area contributed by atoms with E-state index in [9.17, 15) is 36.9 Å². The Kier molecular flexibility index (Phi) is 18.1. The number of benzene rings is 3. The van der Waals surface area contributed by atoms with Gasteiger partial charge in [-0.1, -0.05) is 24.3 Å². The Hall–Kier alpha value is -7.24. The summed E-state index contributed by atoms with van der Waals surface area (Å²) in [7, 11) is -4.57. The lowest BCUT2D eigenvalue weighted by molar-refractivity contribution is -0.155. The number of ether oxygens (including phenoxy) is 2. The van der Waals surface area contributed by atoms with Crippen LogP contribution in [0.3, 0.4) is 0 Å². The monoisotopic (exact) mass is 1000 g/mol. The molecule has 23 heteroatoms. The van der Waals surface area contributed by atoms with Gasteiger partial charge in [0.2, 0.25) is 5.91 Å². The van der Waals surface area contributed by atoms with Crippen molar-refractivity contribution >= 4 is 69.6 Å². The van der Waals surface area contributed by atoms with Crippen LogP contribution in [0.25, 0.3) is 22.5 Å². The smallest absolute Gasteiger partial charge is 0.412 e. The molecule has 0 spiro atoms. The number of nitrogens with zero attached hydrogens (tertiary/aromatic N) is 4. The lowest BCUT2D eigenvalue weighted by Crippen LogP contribution is -2.35. The van der Waals surface area contributed by atoms with Crippen LogP contribution in [0.15, 0.2) is 92.4 Å². The number of carbonyl (C=O) groups excluding carboxylic acids is 3.